The van der Waals surface area contributed by atoms with E-state index in [1.807, 2.05) is 55.4 Å². The molecule has 2 nitrogen and oxygen atoms in total. The van der Waals surface area contributed by atoms with Crippen LogP contribution < -0.4 is 0 Å². The molecule has 196 valence electrons. The molecular weight excluding hydrogens is 380 g/mol. The predicted molar refractivity (Wildman–Crippen MR) is 148 cm³/mol. The van der Waals surface area contributed by atoms with Crippen molar-refractivity contribution >= 4 is 0 Å². The van der Waals surface area contributed by atoms with Crippen molar-refractivity contribution in [1.82, 2.24) is 0 Å². The van der Waals surface area contributed by atoms with Gasteiger partial charge in [-0.3, -0.25) is 0 Å². The second kappa shape index (κ2) is 52.1. The minimum Gasteiger partial charge on any atom is -0.381 e. The lowest BCUT2D eigenvalue weighted by atomic mass is 10.0. The summed E-state index contributed by atoms with van der Waals surface area (Å²) in [5, 5.41) is 0. The maximum Gasteiger partial charge on any atom is 0.0466 e. The van der Waals surface area contributed by atoms with Crippen LogP contribution >= 0.6 is 0 Å². The SMILES string of the molecule is C.C1CCCC1.C1CCCCC1.C1CCOC1.C1CCOCC1.CC.CC.CC.CC. The molecule has 0 aromatic heterocycles. The van der Waals surface area contributed by atoms with E-state index in [1.54, 1.807) is 0 Å². The van der Waals surface area contributed by atoms with Gasteiger partial charge in [0.1, 0.15) is 0 Å². The van der Waals surface area contributed by atoms with E-state index in [2.05, 4.69) is 0 Å². The van der Waals surface area contributed by atoms with Crippen molar-refractivity contribution in [3.8, 4) is 0 Å². The fourth-order valence-corrected chi connectivity index (χ4v) is 3.14. The van der Waals surface area contributed by atoms with E-state index in [4.69, 9.17) is 9.47 Å². The van der Waals surface area contributed by atoms with E-state index < -0.39 is 0 Å². The van der Waals surface area contributed by atoms with Crippen molar-refractivity contribution < 1.29 is 9.47 Å². The van der Waals surface area contributed by atoms with E-state index in [-0.39, 0.29) is 7.43 Å². The second-order valence-corrected chi connectivity index (χ2v) is 6.88. The Hall–Kier alpha value is -0.0800. The van der Waals surface area contributed by atoms with E-state index in [0.29, 0.717) is 0 Å². The minimum absolute atomic E-state index is 0. The molecule has 4 rings (SSSR count). The molecule has 0 aromatic rings. The van der Waals surface area contributed by atoms with Crippen molar-refractivity contribution in [2.24, 2.45) is 0 Å². The van der Waals surface area contributed by atoms with Gasteiger partial charge in [-0.1, -0.05) is 133 Å². The first-order chi connectivity index (χ1) is 15.0. The Kier molecular flexibility index (Phi) is 69.2. The average molecular weight is 449 g/mol. The number of hydrogen-bond acceptors (Lipinski definition) is 2. The van der Waals surface area contributed by atoms with Crippen LogP contribution in [0.4, 0.5) is 0 Å². The Balaban J connectivity index is -0.0000000869. The third-order valence-corrected chi connectivity index (χ3v) is 4.65. The van der Waals surface area contributed by atoms with Gasteiger partial charge in [0.05, 0.1) is 0 Å². The maximum absolute atomic E-state index is 5.07. The van der Waals surface area contributed by atoms with Gasteiger partial charge in [0, 0.05) is 26.4 Å². The molecule has 4 fully saturated rings. The Morgan fingerprint density at radius 3 is 0.484 bits per heavy atom. The first-order valence-corrected chi connectivity index (χ1v) is 14.2. The first kappa shape index (κ1) is 41.2. The minimum atomic E-state index is 0. The van der Waals surface area contributed by atoms with Crippen molar-refractivity contribution in [2.75, 3.05) is 26.4 Å². The second-order valence-electron chi connectivity index (χ2n) is 6.88. The van der Waals surface area contributed by atoms with Crippen LogP contribution in [0.2, 0.25) is 0 Å². The van der Waals surface area contributed by atoms with Gasteiger partial charge in [-0.05, 0) is 32.1 Å². The van der Waals surface area contributed by atoms with Crippen LogP contribution in [0.1, 0.15) is 166 Å². The molecule has 2 aliphatic carbocycles. The molecule has 0 unspecified atom stereocenters. The highest BCUT2D eigenvalue weighted by Gasteiger charge is 1.96. The van der Waals surface area contributed by atoms with Gasteiger partial charge in [0.2, 0.25) is 0 Å². The molecule has 2 saturated carbocycles. The lowest BCUT2D eigenvalue weighted by Crippen LogP contribution is -2.03. The molecule has 31 heavy (non-hydrogen) atoms. The third-order valence-electron chi connectivity index (χ3n) is 4.65. The van der Waals surface area contributed by atoms with Crippen LogP contribution in [-0.2, 0) is 9.47 Å². The highest BCUT2D eigenvalue weighted by atomic mass is 16.5. The van der Waals surface area contributed by atoms with Crippen LogP contribution in [0.25, 0.3) is 0 Å². The number of rotatable bonds is 0. The summed E-state index contributed by atoms with van der Waals surface area (Å²) in [6.07, 6.45) is 23.0. The van der Waals surface area contributed by atoms with E-state index in [0.717, 1.165) is 26.4 Å². The highest BCUT2D eigenvalue weighted by molar-refractivity contribution is 4.51. The van der Waals surface area contributed by atoms with Crippen LogP contribution in [-0.4, -0.2) is 26.4 Å². The van der Waals surface area contributed by atoms with Gasteiger partial charge < -0.3 is 9.47 Å². The molecule has 0 amide bonds. The van der Waals surface area contributed by atoms with E-state index >= 15 is 0 Å². The molecule has 0 aromatic carbocycles. The van der Waals surface area contributed by atoms with E-state index in [9.17, 15) is 0 Å². The summed E-state index contributed by atoms with van der Waals surface area (Å²) < 4.78 is 10.0. The standard InChI is InChI=1S/C6H12.C5H10O.C5H10.C4H8O.4C2H6.CH4/c2*1-2-4-6-5-3-1;2*1-2-4-5-3-1;4*1-2;/h1-6H2;1-5H2;1-5H2;1-4H2;4*1-2H3;1H4. The fraction of sp³-hybridized carbons (Fsp3) is 1.00. The average Bonchev–Trinajstić information content (AvgIpc) is 3.67. The molecule has 2 heterocycles. The molecular formula is C29H68O2. The monoisotopic (exact) mass is 449 g/mol. The number of hydrogen-bond donors (Lipinski definition) is 0. The molecule has 2 saturated heterocycles. The lowest BCUT2D eigenvalue weighted by molar-refractivity contribution is 0.0968. The summed E-state index contributed by atoms with van der Waals surface area (Å²) in [4.78, 5) is 0. The molecule has 0 bridgehead atoms. The zero-order chi connectivity index (χ0) is 23.6. The molecule has 0 atom stereocenters. The quantitative estimate of drug-likeness (QED) is 0.366. The Bertz CT molecular complexity index is 131. The largest absolute Gasteiger partial charge is 0.381 e. The first-order valence-electron chi connectivity index (χ1n) is 14.2. The summed E-state index contributed by atoms with van der Waals surface area (Å²) in [6.45, 7) is 20.0. The van der Waals surface area contributed by atoms with Crippen molar-refractivity contribution in [1.29, 1.82) is 0 Å². The van der Waals surface area contributed by atoms with Crippen molar-refractivity contribution in [3.63, 3.8) is 0 Å². The zero-order valence-electron chi connectivity index (χ0n) is 23.0. The summed E-state index contributed by atoms with van der Waals surface area (Å²) in [6, 6.07) is 0. The Labute approximate surface area is 201 Å². The van der Waals surface area contributed by atoms with Crippen LogP contribution in [0.5, 0.6) is 0 Å². The van der Waals surface area contributed by atoms with Gasteiger partial charge >= 0.3 is 0 Å². The normalized spacial score (nSPS) is 17.8. The Morgan fingerprint density at radius 1 is 0.258 bits per heavy atom. The highest BCUT2D eigenvalue weighted by Crippen LogP contribution is 2.15. The van der Waals surface area contributed by atoms with Crippen molar-refractivity contribution in [2.45, 2.75) is 166 Å². The van der Waals surface area contributed by atoms with Gasteiger partial charge in [-0.2, -0.15) is 0 Å². The molecule has 2 aliphatic heterocycles. The van der Waals surface area contributed by atoms with Gasteiger partial charge in [0.25, 0.3) is 0 Å². The van der Waals surface area contributed by atoms with Gasteiger partial charge in [-0.15, -0.1) is 0 Å². The summed E-state index contributed by atoms with van der Waals surface area (Å²) in [5.74, 6) is 0. The molecule has 0 spiro atoms. The van der Waals surface area contributed by atoms with Crippen LogP contribution in [0.3, 0.4) is 0 Å². The Morgan fingerprint density at radius 2 is 0.387 bits per heavy atom. The molecule has 0 radical (unpaired) electrons. The van der Waals surface area contributed by atoms with Gasteiger partial charge in [0.15, 0.2) is 0 Å². The molecule has 4 aliphatic rings. The summed E-state index contributed by atoms with van der Waals surface area (Å²) in [7, 11) is 0. The smallest absolute Gasteiger partial charge is 0.0466 e. The fourth-order valence-electron chi connectivity index (χ4n) is 3.14. The predicted octanol–water partition coefficient (Wildman–Crippen LogP) is 11.0. The maximum atomic E-state index is 5.07. The zero-order valence-corrected chi connectivity index (χ0v) is 23.0. The summed E-state index contributed by atoms with van der Waals surface area (Å²) >= 11 is 0. The number of ether oxygens (including phenoxy) is 2. The van der Waals surface area contributed by atoms with Gasteiger partial charge in [-0.25, -0.2) is 0 Å². The van der Waals surface area contributed by atoms with Crippen LogP contribution in [0.15, 0.2) is 0 Å². The lowest BCUT2D eigenvalue weighted by Gasteiger charge is -2.08. The summed E-state index contributed by atoms with van der Waals surface area (Å²) in [5.41, 5.74) is 0. The molecule has 2 heteroatoms. The van der Waals surface area contributed by atoms with Crippen LogP contribution in [0, 0.1) is 0 Å². The topological polar surface area (TPSA) is 18.5 Å². The molecule has 0 N–H and O–H groups in total. The third kappa shape index (κ3) is 48.5. The van der Waals surface area contributed by atoms with Crippen molar-refractivity contribution in [3.05, 3.63) is 0 Å². The van der Waals surface area contributed by atoms with E-state index in [1.165, 1.54) is 103 Å².